The maximum absolute atomic E-state index is 5.98. The molecule has 0 aliphatic carbocycles. The Bertz CT molecular complexity index is 566. The van der Waals surface area contributed by atoms with E-state index in [4.69, 9.17) is 10.8 Å². The van der Waals surface area contributed by atoms with Crippen molar-refractivity contribution in [2.24, 2.45) is 12.8 Å². The number of rotatable bonds is 6. The van der Waals surface area contributed by atoms with E-state index in [1.54, 1.807) is 11.0 Å². The molecule has 0 amide bonds. The summed E-state index contributed by atoms with van der Waals surface area (Å²) in [5.41, 5.74) is 9.71. The Morgan fingerprint density at radius 2 is 2.05 bits per heavy atom. The molecule has 6 heteroatoms. The van der Waals surface area contributed by atoms with Gasteiger partial charge in [-0.2, -0.15) is 10.2 Å². The lowest BCUT2D eigenvalue weighted by atomic mass is 10.0. The van der Waals surface area contributed by atoms with Gasteiger partial charge in [0.2, 0.25) is 0 Å². The van der Waals surface area contributed by atoms with E-state index in [0.29, 0.717) is 6.54 Å². The van der Waals surface area contributed by atoms with Crippen LogP contribution in [0.2, 0.25) is 0 Å². The molecule has 0 fully saturated rings. The van der Waals surface area contributed by atoms with Crippen molar-refractivity contribution in [2.45, 2.75) is 52.6 Å². The maximum atomic E-state index is 5.98. The second-order valence-corrected chi connectivity index (χ2v) is 5.22. The van der Waals surface area contributed by atoms with Crippen molar-refractivity contribution in [3.8, 4) is 0 Å². The van der Waals surface area contributed by atoms with E-state index in [0.717, 1.165) is 30.8 Å². The minimum Gasteiger partial charge on any atom is -0.328 e. The molecule has 2 heterocycles. The number of aryl methyl sites for hydroxylation is 2. The van der Waals surface area contributed by atoms with Crippen molar-refractivity contribution >= 4 is 0 Å². The van der Waals surface area contributed by atoms with Gasteiger partial charge in [0.25, 0.3) is 0 Å². The third-order valence-corrected chi connectivity index (χ3v) is 3.54. The highest BCUT2D eigenvalue weighted by Gasteiger charge is 2.17. The summed E-state index contributed by atoms with van der Waals surface area (Å²) in [4.78, 5) is 4.28. The first kappa shape index (κ1) is 14.7. The van der Waals surface area contributed by atoms with Crippen LogP contribution in [0.1, 0.15) is 43.5 Å². The fourth-order valence-corrected chi connectivity index (χ4v) is 2.55. The summed E-state index contributed by atoms with van der Waals surface area (Å²) >= 11 is 0. The molecule has 6 nitrogen and oxygen atoms in total. The molecule has 1 atom stereocenters. The summed E-state index contributed by atoms with van der Waals surface area (Å²) < 4.78 is 3.85. The fraction of sp³-hybridized carbons (Fsp3) is 0.643. The second kappa shape index (κ2) is 6.17. The van der Waals surface area contributed by atoms with Gasteiger partial charge in [-0.25, -0.2) is 4.98 Å². The van der Waals surface area contributed by atoms with Gasteiger partial charge in [-0.05, 0) is 31.7 Å². The van der Waals surface area contributed by atoms with Crippen LogP contribution in [0.4, 0.5) is 0 Å². The predicted molar refractivity (Wildman–Crippen MR) is 78.4 cm³/mol. The molecular weight excluding hydrogens is 252 g/mol. The molecule has 0 aliphatic rings. The summed E-state index contributed by atoms with van der Waals surface area (Å²) in [7, 11) is 1.90. The molecule has 110 valence electrons. The molecule has 0 saturated carbocycles. The largest absolute Gasteiger partial charge is 0.328 e. The number of hydrogen-bond acceptors (Lipinski definition) is 4. The van der Waals surface area contributed by atoms with E-state index >= 15 is 0 Å². The molecule has 0 radical (unpaired) electrons. The van der Waals surface area contributed by atoms with Gasteiger partial charge in [-0.1, -0.05) is 13.8 Å². The normalized spacial score (nSPS) is 12.8. The van der Waals surface area contributed by atoms with Crippen LogP contribution in [0.3, 0.4) is 0 Å². The van der Waals surface area contributed by atoms with Crippen LogP contribution >= 0.6 is 0 Å². The standard InChI is InChI=1S/C14H24N6/c1-5-12-11(7-10(3)15)13(6-2)20(18-12)8-14-16-9-17-19(14)4/h9-10H,5-8,15H2,1-4H3. The van der Waals surface area contributed by atoms with Crippen molar-refractivity contribution < 1.29 is 0 Å². The molecule has 2 rings (SSSR count). The quantitative estimate of drug-likeness (QED) is 0.856. The van der Waals surface area contributed by atoms with Gasteiger partial charge in [0.1, 0.15) is 18.7 Å². The fourth-order valence-electron chi connectivity index (χ4n) is 2.55. The Morgan fingerprint density at radius 3 is 2.55 bits per heavy atom. The predicted octanol–water partition coefficient (Wildman–Crippen LogP) is 1.07. The average molecular weight is 276 g/mol. The Hall–Kier alpha value is -1.69. The van der Waals surface area contributed by atoms with E-state index in [-0.39, 0.29) is 6.04 Å². The van der Waals surface area contributed by atoms with Gasteiger partial charge in [0.05, 0.1) is 5.69 Å². The van der Waals surface area contributed by atoms with Crippen molar-refractivity contribution in [3.05, 3.63) is 29.1 Å². The zero-order chi connectivity index (χ0) is 14.7. The summed E-state index contributed by atoms with van der Waals surface area (Å²) in [6.45, 7) is 7.00. The molecule has 1 unspecified atom stereocenters. The van der Waals surface area contributed by atoms with Gasteiger partial charge >= 0.3 is 0 Å². The molecule has 2 aromatic rings. The molecule has 0 aliphatic heterocycles. The first-order valence-electron chi connectivity index (χ1n) is 7.22. The summed E-state index contributed by atoms with van der Waals surface area (Å²) in [5.74, 6) is 0.914. The van der Waals surface area contributed by atoms with Crippen LogP contribution in [-0.4, -0.2) is 30.6 Å². The third-order valence-electron chi connectivity index (χ3n) is 3.54. The molecule has 2 N–H and O–H groups in total. The van der Waals surface area contributed by atoms with Gasteiger partial charge in [0.15, 0.2) is 0 Å². The molecule has 0 spiro atoms. The van der Waals surface area contributed by atoms with E-state index in [2.05, 4.69) is 28.6 Å². The zero-order valence-corrected chi connectivity index (χ0v) is 12.8. The lowest BCUT2D eigenvalue weighted by molar-refractivity contribution is 0.582. The van der Waals surface area contributed by atoms with Crippen LogP contribution < -0.4 is 5.73 Å². The van der Waals surface area contributed by atoms with Crippen LogP contribution in [0, 0.1) is 0 Å². The van der Waals surface area contributed by atoms with E-state index in [1.807, 2.05) is 14.0 Å². The highest BCUT2D eigenvalue weighted by molar-refractivity contribution is 5.28. The molecule has 20 heavy (non-hydrogen) atoms. The van der Waals surface area contributed by atoms with Crippen LogP contribution in [0.15, 0.2) is 6.33 Å². The van der Waals surface area contributed by atoms with Crippen LogP contribution in [0.25, 0.3) is 0 Å². The highest BCUT2D eigenvalue weighted by Crippen LogP contribution is 2.18. The van der Waals surface area contributed by atoms with Crippen molar-refractivity contribution in [2.75, 3.05) is 0 Å². The first-order chi connectivity index (χ1) is 9.56. The molecule has 2 aromatic heterocycles. The summed E-state index contributed by atoms with van der Waals surface area (Å²) in [6, 6.07) is 0.151. The van der Waals surface area contributed by atoms with Crippen molar-refractivity contribution in [1.82, 2.24) is 24.5 Å². The van der Waals surface area contributed by atoms with Crippen LogP contribution in [-0.2, 0) is 32.9 Å². The number of nitrogens with zero attached hydrogens (tertiary/aromatic N) is 5. The zero-order valence-electron chi connectivity index (χ0n) is 12.8. The molecule has 0 saturated heterocycles. The maximum Gasteiger partial charge on any atom is 0.148 e. The Balaban J connectivity index is 2.37. The van der Waals surface area contributed by atoms with E-state index < -0.39 is 0 Å². The average Bonchev–Trinajstić information content (AvgIpc) is 2.94. The molecule has 0 aromatic carbocycles. The van der Waals surface area contributed by atoms with Crippen molar-refractivity contribution in [1.29, 1.82) is 0 Å². The monoisotopic (exact) mass is 276 g/mol. The topological polar surface area (TPSA) is 74.5 Å². The Morgan fingerprint density at radius 1 is 1.30 bits per heavy atom. The SMILES string of the molecule is CCc1nn(Cc2ncnn2C)c(CC)c1CC(C)N. The lowest BCUT2D eigenvalue weighted by Gasteiger charge is -2.09. The minimum atomic E-state index is 0.151. The van der Waals surface area contributed by atoms with Gasteiger partial charge in [-0.15, -0.1) is 0 Å². The minimum absolute atomic E-state index is 0.151. The second-order valence-electron chi connectivity index (χ2n) is 5.22. The smallest absolute Gasteiger partial charge is 0.148 e. The summed E-state index contributed by atoms with van der Waals surface area (Å²) in [6.07, 6.45) is 4.34. The first-order valence-corrected chi connectivity index (χ1v) is 7.22. The van der Waals surface area contributed by atoms with Gasteiger partial charge < -0.3 is 5.73 Å². The Kier molecular flexibility index (Phi) is 4.54. The lowest BCUT2D eigenvalue weighted by Crippen LogP contribution is -2.19. The molecular formula is C14H24N6. The summed E-state index contributed by atoms with van der Waals surface area (Å²) in [5, 5.41) is 8.86. The molecule has 0 bridgehead atoms. The third kappa shape index (κ3) is 2.90. The van der Waals surface area contributed by atoms with E-state index in [9.17, 15) is 0 Å². The van der Waals surface area contributed by atoms with Gasteiger partial charge in [-0.3, -0.25) is 9.36 Å². The Labute approximate surface area is 120 Å². The number of aromatic nitrogens is 5. The highest BCUT2D eigenvalue weighted by atomic mass is 15.4. The van der Waals surface area contributed by atoms with Crippen molar-refractivity contribution in [3.63, 3.8) is 0 Å². The number of hydrogen-bond donors (Lipinski definition) is 1. The van der Waals surface area contributed by atoms with E-state index in [1.165, 1.54) is 11.3 Å². The number of nitrogens with two attached hydrogens (primary N) is 1. The van der Waals surface area contributed by atoms with Gasteiger partial charge in [0, 0.05) is 18.8 Å². The van der Waals surface area contributed by atoms with Crippen LogP contribution in [0.5, 0.6) is 0 Å².